The summed E-state index contributed by atoms with van der Waals surface area (Å²) in [6.45, 7) is 8.01. The van der Waals surface area contributed by atoms with Gasteiger partial charge in [0.15, 0.2) is 0 Å². The Morgan fingerprint density at radius 3 is 2.48 bits per heavy atom. The fourth-order valence-electron chi connectivity index (χ4n) is 2.02. The first-order valence-corrected chi connectivity index (χ1v) is 7.26. The van der Waals surface area contributed by atoms with Crippen LogP contribution in [0.25, 0.3) is 0 Å². The predicted octanol–water partition coefficient (Wildman–Crippen LogP) is 3.27. The Kier molecular flexibility index (Phi) is 6.72. The summed E-state index contributed by atoms with van der Waals surface area (Å²) >= 11 is 0. The van der Waals surface area contributed by atoms with E-state index in [4.69, 9.17) is 4.74 Å². The number of anilines is 1. The van der Waals surface area contributed by atoms with Crippen molar-refractivity contribution in [3.8, 4) is 0 Å². The molecule has 2 N–H and O–H groups in total. The van der Waals surface area contributed by atoms with E-state index >= 15 is 0 Å². The first kappa shape index (κ1) is 17.0. The van der Waals surface area contributed by atoms with E-state index in [-0.39, 0.29) is 24.5 Å². The largest absolute Gasteiger partial charge is 0.466 e. The molecule has 0 saturated carbocycles. The van der Waals surface area contributed by atoms with Gasteiger partial charge >= 0.3 is 12.0 Å². The second-order valence-corrected chi connectivity index (χ2v) is 5.25. The van der Waals surface area contributed by atoms with E-state index in [1.807, 2.05) is 24.3 Å². The van der Waals surface area contributed by atoms with Crippen LogP contribution >= 0.6 is 0 Å². The smallest absolute Gasteiger partial charge is 0.319 e. The molecule has 1 rings (SSSR count). The molecule has 0 radical (unpaired) electrons. The van der Waals surface area contributed by atoms with E-state index < -0.39 is 0 Å². The third-order valence-electron chi connectivity index (χ3n) is 2.99. The zero-order valence-electron chi connectivity index (χ0n) is 13.1. The van der Waals surface area contributed by atoms with Crippen LogP contribution in [-0.2, 0) is 9.53 Å². The maximum absolute atomic E-state index is 12.0. The number of carbonyl (C=O) groups is 2. The molecular weight excluding hydrogens is 268 g/mol. The Balaban J connectivity index is 2.56. The number of para-hydroxylation sites is 1. The number of urea groups is 1. The van der Waals surface area contributed by atoms with Crippen LogP contribution in [0.2, 0.25) is 0 Å². The Morgan fingerprint density at radius 1 is 1.19 bits per heavy atom. The van der Waals surface area contributed by atoms with Crippen LogP contribution in [-0.4, -0.2) is 24.6 Å². The van der Waals surface area contributed by atoms with Gasteiger partial charge in [-0.05, 0) is 31.4 Å². The maximum Gasteiger partial charge on any atom is 0.319 e. The lowest BCUT2D eigenvalue weighted by Crippen LogP contribution is -2.37. The second kappa shape index (κ2) is 8.29. The van der Waals surface area contributed by atoms with Crippen molar-refractivity contribution in [1.29, 1.82) is 0 Å². The van der Waals surface area contributed by atoms with Gasteiger partial charge in [0.25, 0.3) is 0 Å². The van der Waals surface area contributed by atoms with Crippen molar-refractivity contribution in [3.05, 3.63) is 29.8 Å². The van der Waals surface area contributed by atoms with Gasteiger partial charge in [0.2, 0.25) is 0 Å². The minimum absolute atomic E-state index is 0.160. The van der Waals surface area contributed by atoms with Gasteiger partial charge in [-0.2, -0.15) is 0 Å². The second-order valence-electron chi connectivity index (χ2n) is 5.25. The summed E-state index contributed by atoms with van der Waals surface area (Å²) in [7, 11) is 0. The van der Waals surface area contributed by atoms with Crippen molar-refractivity contribution in [2.45, 2.75) is 46.1 Å². The van der Waals surface area contributed by atoms with Crippen LogP contribution in [0.4, 0.5) is 10.5 Å². The number of benzene rings is 1. The molecule has 116 valence electrons. The molecule has 0 aromatic heterocycles. The molecule has 1 unspecified atom stereocenters. The number of carbonyl (C=O) groups excluding carboxylic acids is 2. The van der Waals surface area contributed by atoms with Crippen molar-refractivity contribution in [1.82, 2.24) is 5.32 Å². The summed E-state index contributed by atoms with van der Waals surface area (Å²) in [5.41, 5.74) is 1.86. The zero-order valence-corrected chi connectivity index (χ0v) is 13.1. The molecular formula is C16H24N2O3. The number of hydrogen-bond acceptors (Lipinski definition) is 3. The molecule has 0 heterocycles. The van der Waals surface area contributed by atoms with Crippen LogP contribution in [0, 0.1) is 0 Å². The third-order valence-corrected chi connectivity index (χ3v) is 2.99. The minimum Gasteiger partial charge on any atom is -0.466 e. The fourth-order valence-corrected chi connectivity index (χ4v) is 2.02. The van der Waals surface area contributed by atoms with Crippen LogP contribution in [0.5, 0.6) is 0 Å². The van der Waals surface area contributed by atoms with Crippen molar-refractivity contribution >= 4 is 17.7 Å². The lowest BCUT2D eigenvalue weighted by molar-refractivity contribution is -0.143. The molecule has 2 amide bonds. The number of esters is 1. The van der Waals surface area contributed by atoms with Gasteiger partial charge in [0.1, 0.15) is 0 Å². The van der Waals surface area contributed by atoms with Crippen molar-refractivity contribution in [3.63, 3.8) is 0 Å². The molecule has 1 aromatic carbocycles. The van der Waals surface area contributed by atoms with E-state index in [2.05, 4.69) is 24.5 Å². The van der Waals surface area contributed by atoms with Crippen LogP contribution < -0.4 is 10.6 Å². The van der Waals surface area contributed by atoms with E-state index in [9.17, 15) is 9.59 Å². The summed E-state index contributed by atoms with van der Waals surface area (Å²) in [6.07, 6.45) is 0.160. The van der Waals surface area contributed by atoms with Gasteiger partial charge in [-0.3, -0.25) is 4.79 Å². The molecule has 21 heavy (non-hydrogen) atoms. The molecule has 0 aliphatic carbocycles. The van der Waals surface area contributed by atoms with E-state index in [0.717, 1.165) is 11.3 Å². The Bertz CT molecular complexity index is 486. The summed E-state index contributed by atoms with van der Waals surface area (Å²) < 4.78 is 4.85. The first-order valence-electron chi connectivity index (χ1n) is 7.26. The number of amides is 2. The van der Waals surface area contributed by atoms with Crippen LogP contribution in [0.15, 0.2) is 24.3 Å². The number of rotatable bonds is 6. The summed E-state index contributed by atoms with van der Waals surface area (Å²) in [6, 6.07) is 7.08. The van der Waals surface area contributed by atoms with Gasteiger partial charge in [0.05, 0.1) is 13.0 Å². The number of hydrogen-bond donors (Lipinski definition) is 2. The lowest BCUT2D eigenvalue weighted by Gasteiger charge is -2.17. The normalized spacial score (nSPS) is 11.9. The summed E-state index contributed by atoms with van der Waals surface area (Å²) in [5.74, 6) is 0.00587. The molecule has 5 nitrogen and oxygen atoms in total. The molecule has 0 fully saturated rings. The highest BCUT2D eigenvalue weighted by Gasteiger charge is 2.14. The molecule has 0 aliphatic rings. The van der Waals surface area contributed by atoms with E-state index in [0.29, 0.717) is 12.5 Å². The summed E-state index contributed by atoms with van der Waals surface area (Å²) in [5, 5.41) is 5.56. The Morgan fingerprint density at radius 2 is 1.86 bits per heavy atom. The van der Waals surface area contributed by atoms with Gasteiger partial charge < -0.3 is 15.4 Å². The highest BCUT2D eigenvalue weighted by Crippen LogP contribution is 2.23. The number of ether oxygens (including phenoxy) is 1. The van der Waals surface area contributed by atoms with E-state index in [1.54, 1.807) is 13.8 Å². The van der Waals surface area contributed by atoms with Crippen molar-refractivity contribution in [2.75, 3.05) is 11.9 Å². The van der Waals surface area contributed by atoms with Gasteiger partial charge in [0, 0.05) is 11.7 Å². The highest BCUT2D eigenvalue weighted by atomic mass is 16.5. The highest BCUT2D eigenvalue weighted by molar-refractivity contribution is 5.90. The van der Waals surface area contributed by atoms with Crippen molar-refractivity contribution < 1.29 is 14.3 Å². The molecule has 0 saturated heterocycles. The molecule has 1 atom stereocenters. The SMILES string of the molecule is CCOC(=O)CC(C)NC(=O)Nc1ccccc1C(C)C. The Hall–Kier alpha value is -2.04. The van der Waals surface area contributed by atoms with Gasteiger partial charge in [-0.25, -0.2) is 4.79 Å². The first-order chi connectivity index (χ1) is 9.93. The molecule has 5 heteroatoms. The topological polar surface area (TPSA) is 67.4 Å². The fraction of sp³-hybridized carbons (Fsp3) is 0.500. The number of nitrogens with one attached hydrogen (secondary N) is 2. The Labute approximate surface area is 126 Å². The van der Waals surface area contributed by atoms with Gasteiger partial charge in [-0.1, -0.05) is 32.0 Å². The van der Waals surface area contributed by atoms with Crippen molar-refractivity contribution in [2.24, 2.45) is 0 Å². The average molecular weight is 292 g/mol. The molecule has 0 aliphatic heterocycles. The maximum atomic E-state index is 12.0. The monoisotopic (exact) mass is 292 g/mol. The molecule has 0 spiro atoms. The third kappa shape index (κ3) is 5.85. The lowest BCUT2D eigenvalue weighted by atomic mass is 10.0. The summed E-state index contributed by atoms with van der Waals surface area (Å²) in [4.78, 5) is 23.3. The molecule has 1 aromatic rings. The van der Waals surface area contributed by atoms with Crippen LogP contribution in [0.1, 0.15) is 45.6 Å². The molecule has 0 bridgehead atoms. The predicted molar refractivity (Wildman–Crippen MR) is 83.4 cm³/mol. The zero-order chi connectivity index (χ0) is 15.8. The van der Waals surface area contributed by atoms with Gasteiger partial charge in [-0.15, -0.1) is 0 Å². The van der Waals surface area contributed by atoms with Crippen LogP contribution in [0.3, 0.4) is 0 Å². The standard InChI is InChI=1S/C16H24N2O3/c1-5-21-15(19)10-12(4)17-16(20)18-14-9-7-6-8-13(14)11(2)3/h6-9,11-12H,5,10H2,1-4H3,(H2,17,18,20). The quantitative estimate of drug-likeness (QED) is 0.791. The minimum atomic E-state index is -0.320. The average Bonchev–Trinajstić information content (AvgIpc) is 2.38. The van der Waals surface area contributed by atoms with E-state index in [1.165, 1.54) is 0 Å².